The van der Waals surface area contributed by atoms with E-state index in [1.807, 2.05) is 24.3 Å². The van der Waals surface area contributed by atoms with Crippen LogP contribution in [0.5, 0.6) is 5.75 Å². The fourth-order valence-corrected chi connectivity index (χ4v) is 5.48. The number of carboxylic acids is 1. The van der Waals surface area contributed by atoms with Gasteiger partial charge in [0.1, 0.15) is 5.75 Å². The summed E-state index contributed by atoms with van der Waals surface area (Å²) in [7, 11) is 1.56. The number of rotatable bonds is 5. The molecule has 0 aliphatic carbocycles. The van der Waals surface area contributed by atoms with E-state index in [1.165, 1.54) is 0 Å². The summed E-state index contributed by atoms with van der Waals surface area (Å²) in [6.07, 6.45) is 0. The zero-order valence-electron chi connectivity index (χ0n) is 18.7. The highest BCUT2D eigenvalue weighted by Gasteiger charge is 2.69. The molecule has 34 heavy (non-hydrogen) atoms. The second kappa shape index (κ2) is 7.93. The van der Waals surface area contributed by atoms with Crippen LogP contribution in [-0.2, 0) is 14.4 Å². The predicted octanol–water partition coefficient (Wildman–Crippen LogP) is 2.42. The molecule has 0 aromatic heterocycles. The highest BCUT2D eigenvalue weighted by Crippen LogP contribution is 2.51. The first-order valence-electron chi connectivity index (χ1n) is 11.0. The van der Waals surface area contributed by atoms with Crippen molar-refractivity contribution >= 4 is 34.2 Å². The molecule has 0 bridgehead atoms. The largest absolute Gasteiger partial charge is 0.496 e. The molecule has 2 heterocycles. The minimum absolute atomic E-state index is 0.419. The van der Waals surface area contributed by atoms with Crippen molar-refractivity contribution in [3.05, 3.63) is 71.8 Å². The van der Waals surface area contributed by atoms with Crippen LogP contribution in [0.1, 0.15) is 17.2 Å². The van der Waals surface area contributed by atoms with Crippen molar-refractivity contribution in [1.29, 1.82) is 0 Å². The highest BCUT2D eigenvalue weighted by atomic mass is 16.5. The van der Waals surface area contributed by atoms with Crippen molar-refractivity contribution in [2.75, 3.05) is 18.6 Å². The summed E-state index contributed by atoms with van der Waals surface area (Å²) >= 11 is 0. The molecule has 174 valence electrons. The first-order chi connectivity index (χ1) is 16.4. The minimum Gasteiger partial charge on any atom is -0.496 e. The smallest absolute Gasteiger partial charge is 0.327 e. The maximum atomic E-state index is 13.8. The Morgan fingerprint density at radius 3 is 2.35 bits per heavy atom. The second-order valence-electron chi connectivity index (χ2n) is 8.76. The monoisotopic (exact) mass is 460 g/mol. The van der Waals surface area contributed by atoms with E-state index >= 15 is 0 Å². The predicted molar refractivity (Wildman–Crippen MR) is 124 cm³/mol. The lowest BCUT2D eigenvalue weighted by Gasteiger charge is -2.29. The van der Waals surface area contributed by atoms with Gasteiger partial charge in [0.2, 0.25) is 11.8 Å². The number of carboxylic acid groups (broad SMARTS) is 1. The number of imide groups is 1. The summed E-state index contributed by atoms with van der Waals surface area (Å²) in [5, 5.41) is 25.0. The number of hydrogen-bond donors (Lipinski definition) is 3. The number of aryl methyl sites for hydroxylation is 1. The Kier molecular flexibility index (Phi) is 5.15. The van der Waals surface area contributed by atoms with Crippen LogP contribution in [0, 0.1) is 18.8 Å². The van der Waals surface area contributed by atoms with E-state index < -0.39 is 47.8 Å². The second-order valence-corrected chi connectivity index (χ2v) is 8.76. The molecule has 3 aromatic carbocycles. The Balaban J connectivity index is 1.72. The number of fused-ring (bicyclic) bond motifs is 2. The van der Waals surface area contributed by atoms with E-state index in [4.69, 9.17) is 4.74 Å². The van der Waals surface area contributed by atoms with Gasteiger partial charge in [-0.3, -0.25) is 19.7 Å². The minimum atomic E-state index is -2.00. The molecule has 2 amide bonds. The zero-order valence-corrected chi connectivity index (χ0v) is 18.7. The lowest BCUT2D eigenvalue weighted by Crippen LogP contribution is -2.58. The molecule has 4 unspecified atom stereocenters. The van der Waals surface area contributed by atoms with E-state index in [1.54, 1.807) is 50.4 Å². The number of aliphatic hydroxyl groups is 1. The van der Waals surface area contributed by atoms with Gasteiger partial charge < -0.3 is 14.9 Å². The number of ether oxygens (including phenoxy) is 1. The summed E-state index contributed by atoms with van der Waals surface area (Å²) in [5.41, 5.74) is -0.202. The number of hydrogen-bond acceptors (Lipinski definition) is 6. The summed E-state index contributed by atoms with van der Waals surface area (Å²) in [5.74, 6) is -4.14. The van der Waals surface area contributed by atoms with Gasteiger partial charge in [0.25, 0.3) is 0 Å². The number of carbonyl (C=O) groups is 3. The third-order valence-electron chi connectivity index (χ3n) is 7.11. The summed E-state index contributed by atoms with van der Waals surface area (Å²) in [6, 6.07) is 17.1. The maximum absolute atomic E-state index is 13.8. The van der Waals surface area contributed by atoms with Crippen molar-refractivity contribution in [3.8, 4) is 5.75 Å². The molecule has 8 nitrogen and oxygen atoms in total. The van der Waals surface area contributed by atoms with E-state index in [0.29, 0.717) is 22.6 Å². The van der Waals surface area contributed by atoms with Gasteiger partial charge in [-0.2, -0.15) is 0 Å². The molecule has 5 rings (SSSR count). The number of para-hydroxylation sites is 1. The van der Waals surface area contributed by atoms with Crippen molar-refractivity contribution in [1.82, 2.24) is 5.32 Å². The Morgan fingerprint density at radius 1 is 1.03 bits per heavy atom. The summed E-state index contributed by atoms with van der Waals surface area (Å²) in [6.45, 7) is 0.946. The summed E-state index contributed by atoms with van der Waals surface area (Å²) in [4.78, 5) is 41.0. The zero-order chi connectivity index (χ0) is 24.2. The molecule has 3 N–H and O–H groups in total. The number of aliphatic hydroxyl groups excluding tert-OH is 1. The molecule has 0 spiro atoms. The molecular formula is C26H24N2O6. The number of benzene rings is 3. The van der Waals surface area contributed by atoms with Crippen molar-refractivity contribution < 1.29 is 29.3 Å². The maximum Gasteiger partial charge on any atom is 0.327 e. The standard InChI is InChI=1S/C26H24N2O6/c1-14-7-3-6-10-18(14)28-23(30)20-21(24(28)31)26(13-29,25(32)33)27-22(20)17-11-12-19(34-2)16-9-5-4-8-15(16)17/h3-12,20-22,27,29H,13H2,1-2H3,(H,32,33). The van der Waals surface area contributed by atoms with Crippen LogP contribution >= 0.6 is 0 Å². The van der Waals surface area contributed by atoms with Crippen LogP contribution < -0.4 is 15.0 Å². The normalized spacial score (nSPS) is 26.2. The van der Waals surface area contributed by atoms with Gasteiger partial charge in [-0.1, -0.05) is 48.5 Å². The lowest BCUT2D eigenvalue weighted by molar-refractivity contribution is -0.150. The van der Waals surface area contributed by atoms with Crippen molar-refractivity contribution in [3.63, 3.8) is 0 Å². The highest BCUT2D eigenvalue weighted by molar-refractivity contribution is 6.24. The fraction of sp³-hybridized carbons (Fsp3) is 0.269. The first-order valence-corrected chi connectivity index (χ1v) is 11.0. The number of methoxy groups -OCH3 is 1. The van der Waals surface area contributed by atoms with Crippen molar-refractivity contribution in [2.24, 2.45) is 11.8 Å². The average Bonchev–Trinajstić information content (AvgIpc) is 3.33. The van der Waals surface area contributed by atoms with Crippen LogP contribution in [0.15, 0.2) is 60.7 Å². The van der Waals surface area contributed by atoms with Crippen LogP contribution in [-0.4, -0.2) is 47.3 Å². The molecule has 0 radical (unpaired) electrons. The number of amides is 2. The van der Waals surface area contributed by atoms with Crippen LogP contribution in [0.4, 0.5) is 5.69 Å². The molecule has 0 saturated carbocycles. The number of aliphatic carboxylic acids is 1. The molecule has 4 atom stereocenters. The molecular weight excluding hydrogens is 436 g/mol. The third kappa shape index (κ3) is 2.89. The Bertz CT molecular complexity index is 1340. The summed E-state index contributed by atoms with van der Waals surface area (Å²) < 4.78 is 5.47. The Hall–Kier alpha value is -3.75. The fourth-order valence-electron chi connectivity index (χ4n) is 5.48. The van der Waals surface area contributed by atoms with Crippen LogP contribution in [0.3, 0.4) is 0 Å². The van der Waals surface area contributed by atoms with E-state index in [-0.39, 0.29) is 0 Å². The van der Waals surface area contributed by atoms with Crippen LogP contribution in [0.25, 0.3) is 10.8 Å². The topological polar surface area (TPSA) is 116 Å². The Labute approximate surface area is 195 Å². The molecule has 2 fully saturated rings. The van der Waals surface area contributed by atoms with Crippen molar-refractivity contribution in [2.45, 2.75) is 18.5 Å². The van der Waals surface area contributed by atoms with Gasteiger partial charge in [-0.05, 0) is 35.6 Å². The average molecular weight is 460 g/mol. The molecule has 2 aliphatic heterocycles. The molecule has 3 aromatic rings. The van der Waals surface area contributed by atoms with Gasteiger partial charge in [-0.25, -0.2) is 4.90 Å². The lowest BCUT2D eigenvalue weighted by atomic mass is 9.79. The van der Waals surface area contributed by atoms with E-state index in [2.05, 4.69) is 5.32 Å². The number of carbonyl (C=O) groups excluding carboxylic acids is 2. The van der Waals surface area contributed by atoms with Gasteiger partial charge in [0, 0.05) is 11.4 Å². The molecule has 8 heteroatoms. The molecule has 2 saturated heterocycles. The van der Waals surface area contributed by atoms with Crippen LogP contribution in [0.2, 0.25) is 0 Å². The number of anilines is 1. The van der Waals surface area contributed by atoms with E-state index in [9.17, 15) is 24.6 Å². The first kappa shape index (κ1) is 22.1. The van der Waals surface area contributed by atoms with Gasteiger partial charge in [0.05, 0.1) is 31.2 Å². The molecule has 2 aliphatic rings. The van der Waals surface area contributed by atoms with Gasteiger partial charge in [-0.15, -0.1) is 0 Å². The number of nitrogens with zero attached hydrogens (tertiary/aromatic N) is 1. The quantitative estimate of drug-likeness (QED) is 0.501. The Morgan fingerprint density at radius 2 is 1.71 bits per heavy atom. The number of nitrogens with one attached hydrogen (secondary N) is 1. The van der Waals surface area contributed by atoms with Gasteiger partial charge in [0.15, 0.2) is 5.54 Å². The van der Waals surface area contributed by atoms with Gasteiger partial charge >= 0.3 is 5.97 Å². The third-order valence-corrected chi connectivity index (χ3v) is 7.11. The SMILES string of the molecule is COc1ccc(C2NC(CO)(C(=O)O)C3C(=O)N(c4ccccc4C)C(=O)C23)c2ccccc12. The van der Waals surface area contributed by atoms with E-state index in [0.717, 1.165) is 15.7 Å².